The number of hydrogen-bond donors (Lipinski definition) is 2. The van der Waals surface area contributed by atoms with Crippen molar-refractivity contribution in [1.29, 1.82) is 0 Å². The van der Waals surface area contributed by atoms with E-state index in [1.807, 2.05) is 0 Å². The normalized spacial score (nSPS) is 9.83. The predicted molar refractivity (Wildman–Crippen MR) is 64.6 cm³/mol. The van der Waals surface area contributed by atoms with Gasteiger partial charge in [-0.1, -0.05) is 0 Å². The first-order valence-corrected chi connectivity index (χ1v) is 5.16. The second-order valence-corrected chi connectivity index (χ2v) is 3.41. The standard InChI is InChI=1S/C12H11N3O3/c1-18-8-3-4-10(16)9(7-8)11(17)15-12-13-5-2-6-14-12/h2-7,16H,1H3,(H,13,14,15,17). The maximum Gasteiger partial charge on any atom is 0.261 e. The molecule has 0 atom stereocenters. The van der Waals surface area contributed by atoms with Gasteiger partial charge >= 0.3 is 0 Å². The lowest BCUT2D eigenvalue weighted by molar-refractivity contribution is 0.102. The van der Waals surface area contributed by atoms with E-state index in [9.17, 15) is 9.90 Å². The Labute approximate surface area is 103 Å². The SMILES string of the molecule is COc1ccc(O)c(C(=O)Nc2ncccn2)c1. The number of phenolic OH excluding ortho intramolecular Hbond substituents is 1. The Bertz CT molecular complexity index is 558. The smallest absolute Gasteiger partial charge is 0.261 e. The topological polar surface area (TPSA) is 84.3 Å². The number of phenols is 1. The fraction of sp³-hybridized carbons (Fsp3) is 0.0833. The van der Waals surface area contributed by atoms with E-state index in [4.69, 9.17) is 4.74 Å². The Morgan fingerprint density at radius 1 is 1.33 bits per heavy atom. The molecule has 0 fully saturated rings. The van der Waals surface area contributed by atoms with Crippen LogP contribution in [0, 0.1) is 0 Å². The second kappa shape index (κ2) is 5.13. The Morgan fingerprint density at radius 2 is 2.06 bits per heavy atom. The molecule has 1 heterocycles. The molecule has 18 heavy (non-hydrogen) atoms. The summed E-state index contributed by atoms with van der Waals surface area (Å²) in [5.74, 6) is 0.0125. The van der Waals surface area contributed by atoms with Crippen LogP contribution >= 0.6 is 0 Å². The van der Waals surface area contributed by atoms with E-state index < -0.39 is 5.91 Å². The minimum atomic E-state index is -0.502. The van der Waals surface area contributed by atoms with Crippen LogP contribution in [0.4, 0.5) is 5.95 Å². The number of methoxy groups -OCH3 is 1. The van der Waals surface area contributed by atoms with Crippen molar-refractivity contribution in [2.75, 3.05) is 12.4 Å². The van der Waals surface area contributed by atoms with Crippen molar-refractivity contribution in [3.8, 4) is 11.5 Å². The molecule has 1 aromatic heterocycles. The summed E-state index contributed by atoms with van der Waals surface area (Å²) >= 11 is 0. The van der Waals surface area contributed by atoms with Gasteiger partial charge in [-0.15, -0.1) is 0 Å². The van der Waals surface area contributed by atoms with E-state index in [-0.39, 0.29) is 17.3 Å². The van der Waals surface area contributed by atoms with Gasteiger partial charge in [-0.05, 0) is 24.3 Å². The molecule has 0 spiro atoms. The molecule has 0 unspecified atom stereocenters. The third-order valence-corrected chi connectivity index (χ3v) is 2.24. The van der Waals surface area contributed by atoms with Crippen LogP contribution in [-0.4, -0.2) is 28.1 Å². The number of aromatic nitrogens is 2. The van der Waals surface area contributed by atoms with Gasteiger partial charge in [0.05, 0.1) is 12.7 Å². The lowest BCUT2D eigenvalue weighted by Gasteiger charge is -2.07. The summed E-state index contributed by atoms with van der Waals surface area (Å²) in [7, 11) is 1.48. The number of rotatable bonds is 3. The van der Waals surface area contributed by atoms with Gasteiger partial charge in [-0.3, -0.25) is 10.1 Å². The van der Waals surface area contributed by atoms with Crippen molar-refractivity contribution >= 4 is 11.9 Å². The number of carbonyl (C=O) groups excluding carboxylic acids is 1. The summed E-state index contributed by atoms with van der Waals surface area (Å²) in [4.78, 5) is 19.6. The average Bonchev–Trinajstić information content (AvgIpc) is 2.40. The summed E-state index contributed by atoms with van der Waals surface area (Å²) in [6.07, 6.45) is 3.02. The number of nitrogens with zero attached hydrogens (tertiary/aromatic N) is 2. The Balaban J connectivity index is 2.23. The molecule has 2 rings (SSSR count). The van der Waals surface area contributed by atoms with Crippen LogP contribution in [0.2, 0.25) is 0 Å². The minimum absolute atomic E-state index is 0.0989. The van der Waals surface area contributed by atoms with Crippen molar-refractivity contribution in [2.45, 2.75) is 0 Å². The molecule has 6 heteroatoms. The molecule has 1 aromatic carbocycles. The van der Waals surface area contributed by atoms with Gasteiger partial charge in [-0.2, -0.15) is 0 Å². The first-order valence-electron chi connectivity index (χ1n) is 5.16. The van der Waals surface area contributed by atoms with Crippen molar-refractivity contribution in [2.24, 2.45) is 0 Å². The van der Waals surface area contributed by atoms with Crippen LogP contribution in [0.1, 0.15) is 10.4 Å². The van der Waals surface area contributed by atoms with Gasteiger partial charge < -0.3 is 9.84 Å². The third kappa shape index (κ3) is 2.54. The Morgan fingerprint density at radius 3 is 2.72 bits per heavy atom. The maximum absolute atomic E-state index is 11.9. The summed E-state index contributed by atoms with van der Waals surface area (Å²) in [6, 6.07) is 6.02. The fourth-order valence-electron chi connectivity index (χ4n) is 1.36. The van der Waals surface area contributed by atoms with E-state index >= 15 is 0 Å². The minimum Gasteiger partial charge on any atom is -0.507 e. The van der Waals surface area contributed by atoms with Gasteiger partial charge in [-0.25, -0.2) is 9.97 Å². The van der Waals surface area contributed by atoms with E-state index in [2.05, 4.69) is 15.3 Å². The number of ether oxygens (including phenoxy) is 1. The summed E-state index contributed by atoms with van der Waals surface area (Å²) in [6.45, 7) is 0. The lowest BCUT2D eigenvalue weighted by Crippen LogP contribution is -2.14. The van der Waals surface area contributed by atoms with Crippen LogP contribution in [0.3, 0.4) is 0 Å². The molecule has 6 nitrogen and oxygen atoms in total. The van der Waals surface area contributed by atoms with Gasteiger partial charge in [0.1, 0.15) is 11.5 Å². The van der Waals surface area contributed by atoms with Gasteiger partial charge in [0, 0.05) is 12.4 Å². The summed E-state index contributed by atoms with van der Waals surface area (Å²) < 4.78 is 4.99. The van der Waals surface area contributed by atoms with Crippen molar-refractivity contribution in [1.82, 2.24) is 9.97 Å². The maximum atomic E-state index is 11.9. The van der Waals surface area contributed by atoms with Crippen LogP contribution in [0.5, 0.6) is 11.5 Å². The number of carbonyl (C=O) groups is 1. The van der Waals surface area contributed by atoms with Crippen LogP contribution in [0.25, 0.3) is 0 Å². The highest BCUT2D eigenvalue weighted by atomic mass is 16.5. The van der Waals surface area contributed by atoms with Crippen LogP contribution in [0.15, 0.2) is 36.7 Å². The second-order valence-electron chi connectivity index (χ2n) is 3.41. The molecule has 0 aliphatic rings. The van der Waals surface area contributed by atoms with E-state index in [0.29, 0.717) is 5.75 Å². The Hall–Kier alpha value is -2.63. The first kappa shape index (κ1) is 11.8. The zero-order valence-electron chi connectivity index (χ0n) is 9.62. The van der Waals surface area contributed by atoms with Gasteiger partial charge in [0.15, 0.2) is 0 Å². The predicted octanol–water partition coefficient (Wildman–Crippen LogP) is 1.44. The van der Waals surface area contributed by atoms with Crippen LogP contribution < -0.4 is 10.1 Å². The molecular weight excluding hydrogens is 234 g/mol. The first-order chi connectivity index (χ1) is 8.70. The molecule has 0 saturated carbocycles. The molecule has 0 radical (unpaired) electrons. The quantitative estimate of drug-likeness (QED) is 0.854. The van der Waals surface area contributed by atoms with Crippen molar-refractivity contribution < 1.29 is 14.6 Å². The van der Waals surface area contributed by atoms with Crippen LogP contribution in [-0.2, 0) is 0 Å². The number of nitrogens with one attached hydrogen (secondary N) is 1. The largest absolute Gasteiger partial charge is 0.507 e. The number of aromatic hydroxyl groups is 1. The zero-order chi connectivity index (χ0) is 13.0. The van der Waals surface area contributed by atoms with Gasteiger partial charge in [0.2, 0.25) is 5.95 Å². The molecule has 0 aliphatic carbocycles. The number of benzene rings is 1. The highest BCUT2D eigenvalue weighted by molar-refractivity contribution is 6.05. The van der Waals surface area contributed by atoms with E-state index in [0.717, 1.165) is 0 Å². The molecular formula is C12H11N3O3. The highest BCUT2D eigenvalue weighted by Gasteiger charge is 2.13. The zero-order valence-corrected chi connectivity index (χ0v) is 9.62. The molecule has 2 aromatic rings. The van der Waals surface area contributed by atoms with E-state index in [1.54, 1.807) is 12.1 Å². The average molecular weight is 245 g/mol. The number of anilines is 1. The number of amides is 1. The lowest BCUT2D eigenvalue weighted by atomic mass is 10.2. The van der Waals surface area contributed by atoms with E-state index in [1.165, 1.54) is 31.6 Å². The number of hydrogen-bond acceptors (Lipinski definition) is 5. The van der Waals surface area contributed by atoms with Gasteiger partial charge in [0.25, 0.3) is 5.91 Å². The molecule has 0 aliphatic heterocycles. The van der Waals surface area contributed by atoms with Crippen molar-refractivity contribution in [3.63, 3.8) is 0 Å². The summed E-state index contributed by atoms with van der Waals surface area (Å²) in [5, 5.41) is 12.1. The molecule has 0 saturated heterocycles. The monoisotopic (exact) mass is 245 g/mol. The summed E-state index contributed by atoms with van der Waals surface area (Å²) in [5.41, 5.74) is 0.0989. The third-order valence-electron chi connectivity index (χ3n) is 2.24. The Kier molecular flexibility index (Phi) is 3.38. The molecule has 92 valence electrons. The van der Waals surface area contributed by atoms with Crippen molar-refractivity contribution in [3.05, 3.63) is 42.2 Å². The highest BCUT2D eigenvalue weighted by Crippen LogP contribution is 2.23. The molecule has 0 bridgehead atoms. The fourth-order valence-corrected chi connectivity index (χ4v) is 1.36. The molecule has 1 amide bonds. The molecule has 2 N–H and O–H groups in total.